The monoisotopic (exact) mass is 336 g/mol. The van der Waals surface area contributed by atoms with Gasteiger partial charge in [0.05, 0.1) is 6.42 Å². The Bertz CT molecular complexity index is 545. The van der Waals surface area contributed by atoms with Crippen molar-refractivity contribution in [2.75, 3.05) is 0 Å². The Morgan fingerprint density at radius 2 is 0.870 bits per heavy atom. The average Bonchev–Trinajstić information content (AvgIpc) is 2.35. The Morgan fingerprint density at radius 1 is 0.652 bits per heavy atom. The van der Waals surface area contributed by atoms with E-state index in [1.165, 1.54) is 0 Å². The molecule has 0 aromatic heterocycles. The van der Waals surface area contributed by atoms with Crippen molar-refractivity contribution in [2.24, 2.45) is 0 Å². The van der Waals surface area contributed by atoms with E-state index in [1.807, 2.05) is 0 Å². The molecule has 0 aromatic rings. The van der Waals surface area contributed by atoms with Gasteiger partial charge in [-0.05, 0) is 20.0 Å². The predicted octanol–water partition coefficient (Wildman–Crippen LogP) is -1.73. The molecule has 2 fully saturated rings. The van der Waals surface area contributed by atoms with Crippen LogP contribution in [0.4, 0.5) is 9.59 Å². The number of nitro groups is 4. The molecule has 4 amide bonds. The van der Waals surface area contributed by atoms with Crippen molar-refractivity contribution in [1.29, 1.82) is 0 Å². The lowest BCUT2D eigenvalue weighted by Gasteiger charge is -2.40. The number of hydrogen-bond donors (Lipinski definition) is 0. The van der Waals surface area contributed by atoms with E-state index in [4.69, 9.17) is 0 Å². The number of fused-ring (bicyclic) bond motifs is 2. The zero-order valence-corrected chi connectivity index (χ0v) is 10.5. The van der Waals surface area contributed by atoms with Gasteiger partial charge in [-0.15, -0.1) is 0 Å². The molecule has 0 radical (unpaired) electrons. The molecule has 0 aliphatic carbocycles. The molecule has 2 aliphatic heterocycles. The molecular formula is C5H4N8O10. The van der Waals surface area contributed by atoms with Crippen LogP contribution < -0.4 is 0 Å². The van der Waals surface area contributed by atoms with Crippen molar-refractivity contribution in [3.05, 3.63) is 40.5 Å². The summed E-state index contributed by atoms with van der Waals surface area (Å²) < 4.78 is 0. The van der Waals surface area contributed by atoms with Gasteiger partial charge in [0.15, 0.2) is 20.1 Å². The van der Waals surface area contributed by atoms with Crippen LogP contribution in [-0.4, -0.2) is 64.6 Å². The largest absolute Gasteiger partial charge is 0.440 e. The van der Waals surface area contributed by atoms with E-state index in [1.54, 1.807) is 0 Å². The van der Waals surface area contributed by atoms with E-state index in [-0.39, 0.29) is 0 Å². The first-order chi connectivity index (χ1) is 10.6. The van der Waals surface area contributed by atoms with Gasteiger partial charge in [0.25, 0.3) is 0 Å². The summed E-state index contributed by atoms with van der Waals surface area (Å²) in [5.41, 5.74) is 0. The molecular weight excluding hydrogens is 332 g/mol. The molecule has 2 heterocycles. The van der Waals surface area contributed by atoms with Gasteiger partial charge in [0.2, 0.25) is 12.3 Å². The Kier molecular flexibility index (Phi) is 3.28. The van der Waals surface area contributed by atoms with Gasteiger partial charge in [-0.3, -0.25) is 0 Å². The maximum atomic E-state index is 11.8. The van der Waals surface area contributed by atoms with Crippen LogP contribution in [-0.2, 0) is 0 Å². The molecule has 0 atom stereocenters. The summed E-state index contributed by atoms with van der Waals surface area (Å²) in [4.78, 5) is 67.2. The summed E-state index contributed by atoms with van der Waals surface area (Å²) in [6.45, 7) is 0. The lowest BCUT2D eigenvalue weighted by Crippen LogP contribution is -2.77. The van der Waals surface area contributed by atoms with E-state index < -0.39 is 71.0 Å². The topological polar surface area (TPSA) is 220 Å². The van der Waals surface area contributed by atoms with E-state index in [0.29, 0.717) is 0 Å². The summed E-state index contributed by atoms with van der Waals surface area (Å²) in [5.74, 6) is 0. The van der Waals surface area contributed by atoms with Gasteiger partial charge in [-0.2, -0.15) is 0 Å². The van der Waals surface area contributed by atoms with E-state index >= 15 is 0 Å². The van der Waals surface area contributed by atoms with Gasteiger partial charge < -0.3 is 0 Å². The zero-order valence-electron chi connectivity index (χ0n) is 10.5. The van der Waals surface area contributed by atoms with E-state index in [2.05, 4.69) is 0 Å². The van der Waals surface area contributed by atoms with Gasteiger partial charge in [-0.1, -0.05) is 0 Å². The number of rotatable bonds is 4. The van der Waals surface area contributed by atoms with Crippen molar-refractivity contribution < 1.29 is 29.7 Å². The number of amides is 4. The smallest absolute Gasteiger partial charge is 0.236 e. The highest BCUT2D eigenvalue weighted by atomic mass is 16.7. The standard InChI is InChI=1S/C5H4N8O10/c14-4-6(10(16)17)2-1-3(8(4)12(20)21)9(13(22)23)5(15)7(2)11(18)19/h2-3H,1H2. The third-order valence-corrected chi connectivity index (χ3v) is 3.04. The number of carbonyl (C=O) groups is 2. The van der Waals surface area contributed by atoms with Crippen molar-refractivity contribution in [3.8, 4) is 0 Å². The van der Waals surface area contributed by atoms with Crippen molar-refractivity contribution in [3.63, 3.8) is 0 Å². The Balaban J connectivity index is 2.62. The van der Waals surface area contributed by atoms with Gasteiger partial charge in [-0.25, -0.2) is 50.0 Å². The number of urea groups is 2. The van der Waals surface area contributed by atoms with Crippen molar-refractivity contribution in [2.45, 2.75) is 18.8 Å². The van der Waals surface area contributed by atoms with Crippen LogP contribution in [0.25, 0.3) is 0 Å². The Labute approximate surface area is 122 Å². The molecule has 0 spiro atoms. The first-order valence-electron chi connectivity index (χ1n) is 5.41. The predicted molar refractivity (Wildman–Crippen MR) is 58.3 cm³/mol. The number of nitrogens with zero attached hydrogens (tertiary/aromatic N) is 8. The first-order valence-corrected chi connectivity index (χ1v) is 5.41. The second kappa shape index (κ2) is 4.85. The summed E-state index contributed by atoms with van der Waals surface area (Å²) in [7, 11) is 0. The fraction of sp³-hybridized carbons (Fsp3) is 0.600. The van der Waals surface area contributed by atoms with Crippen LogP contribution in [0, 0.1) is 40.5 Å². The van der Waals surface area contributed by atoms with Gasteiger partial charge in [0, 0.05) is 0 Å². The molecule has 0 aromatic carbocycles. The minimum atomic E-state index is -2.16. The molecule has 2 saturated heterocycles. The minimum absolute atomic E-state index is 0.503. The minimum Gasteiger partial charge on any atom is -0.236 e. The molecule has 0 unspecified atom stereocenters. The maximum Gasteiger partial charge on any atom is 0.440 e. The lowest BCUT2D eigenvalue weighted by molar-refractivity contribution is -0.757. The zero-order chi connectivity index (χ0) is 17.6. The van der Waals surface area contributed by atoms with Crippen molar-refractivity contribution in [1.82, 2.24) is 20.0 Å². The average molecular weight is 336 g/mol. The fourth-order valence-electron chi connectivity index (χ4n) is 2.23. The second-order valence-corrected chi connectivity index (χ2v) is 4.09. The summed E-state index contributed by atoms with van der Waals surface area (Å²) in [5, 5.41) is 35.6. The quantitative estimate of drug-likeness (QED) is 0.416. The highest BCUT2D eigenvalue weighted by Crippen LogP contribution is 2.32. The summed E-state index contributed by atoms with van der Waals surface area (Å²) >= 11 is 0. The summed E-state index contributed by atoms with van der Waals surface area (Å²) in [6, 6.07) is -3.93. The normalized spacial score (nSPS) is 23.8. The SMILES string of the molecule is O=C1N([N+](=O)[O-])C2CC(N1[N+](=O)[O-])N([N+](=O)[O-])C(=O)N2[N+](=O)[O-]. The third-order valence-electron chi connectivity index (χ3n) is 3.04. The van der Waals surface area contributed by atoms with E-state index in [9.17, 15) is 50.0 Å². The highest BCUT2D eigenvalue weighted by Gasteiger charge is 2.68. The van der Waals surface area contributed by atoms with Crippen LogP contribution in [0.5, 0.6) is 0 Å². The molecule has 0 N–H and O–H groups in total. The lowest BCUT2D eigenvalue weighted by atomic mass is 10.1. The number of hydrazine groups is 4. The van der Waals surface area contributed by atoms with E-state index in [0.717, 1.165) is 0 Å². The van der Waals surface area contributed by atoms with Crippen molar-refractivity contribution >= 4 is 12.1 Å². The maximum absolute atomic E-state index is 11.8. The molecule has 124 valence electrons. The Hall–Kier alpha value is -3.86. The third kappa shape index (κ3) is 2.04. The number of hydrogen-bond acceptors (Lipinski definition) is 10. The second-order valence-electron chi connectivity index (χ2n) is 4.09. The molecule has 0 saturated carbocycles. The van der Waals surface area contributed by atoms with Crippen LogP contribution in [0.1, 0.15) is 6.42 Å². The summed E-state index contributed by atoms with van der Waals surface area (Å²) in [6.07, 6.45) is -5.30. The van der Waals surface area contributed by atoms with Crippen LogP contribution in [0.15, 0.2) is 0 Å². The molecule has 18 heteroatoms. The fourth-order valence-corrected chi connectivity index (χ4v) is 2.23. The van der Waals surface area contributed by atoms with Crippen LogP contribution in [0.3, 0.4) is 0 Å². The Morgan fingerprint density at radius 3 is 1.04 bits per heavy atom. The molecule has 2 aliphatic rings. The highest BCUT2D eigenvalue weighted by molar-refractivity contribution is 5.79. The van der Waals surface area contributed by atoms with Gasteiger partial charge in [0.1, 0.15) is 0 Å². The van der Waals surface area contributed by atoms with Crippen LogP contribution >= 0.6 is 0 Å². The molecule has 23 heavy (non-hydrogen) atoms. The number of carbonyl (C=O) groups excluding carboxylic acids is 2. The van der Waals surface area contributed by atoms with Crippen LogP contribution in [0.2, 0.25) is 0 Å². The molecule has 18 nitrogen and oxygen atoms in total. The first kappa shape index (κ1) is 15.5. The molecule has 2 bridgehead atoms. The van der Waals surface area contributed by atoms with Gasteiger partial charge >= 0.3 is 12.1 Å². The molecule has 2 rings (SSSR count).